The van der Waals surface area contributed by atoms with Crippen LogP contribution >= 0.6 is 27.5 Å². The zero-order valence-electron chi connectivity index (χ0n) is 10.7. The normalized spacial score (nSPS) is 19.2. The summed E-state index contributed by atoms with van der Waals surface area (Å²) in [6, 6.07) is 6.26. The first-order valence-electron chi connectivity index (χ1n) is 6.45. The summed E-state index contributed by atoms with van der Waals surface area (Å²) in [7, 11) is 0. The van der Waals surface area contributed by atoms with E-state index in [0.29, 0.717) is 6.10 Å². The van der Waals surface area contributed by atoms with Gasteiger partial charge in [0, 0.05) is 25.0 Å². The van der Waals surface area contributed by atoms with Gasteiger partial charge in [-0.15, -0.1) is 0 Å². The van der Waals surface area contributed by atoms with Gasteiger partial charge in [-0.1, -0.05) is 33.6 Å². The van der Waals surface area contributed by atoms with Crippen molar-refractivity contribution in [1.82, 2.24) is 0 Å². The number of alkyl halides is 1. The molecule has 4 heteroatoms. The smallest absolute Gasteiger partial charge is 0.0750 e. The fourth-order valence-electron chi connectivity index (χ4n) is 2.32. The topological polar surface area (TPSA) is 12.5 Å². The van der Waals surface area contributed by atoms with Gasteiger partial charge in [0.05, 0.1) is 16.8 Å². The van der Waals surface area contributed by atoms with Crippen LogP contribution < -0.4 is 4.90 Å². The maximum atomic E-state index is 6.36. The van der Waals surface area contributed by atoms with Crippen molar-refractivity contribution in [3.05, 3.63) is 28.8 Å². The Morgan fingerprint density at radius 3 is 2.89 bits per heavy atom. The molecular formula is C14H19BrClNO. The van der Waals surface area contributed by atoms with Crippen molar-refractivity contribution in [3.8, 4) is 0 Å². The minimum Gasteiger partial charge on any atom is -0.376 e. The highest BCUT2D eigenvalue weighted by Gasteiger charge is 2.19. The molecule has 0 aromatic heterocycles. The summed E-state index contributed by atoms with van der Waals surface area (Å²) in [6.45, 7) is 4.94. The molecule has 2 nitrogen and oxygen atoms in total. The minimum atomic E-state index is 0.358. The van der Waals surface area contributed by atoms with Crippen molar-refractivity contribution < 1.29 is 4.74 Å². The van der Waals surface area contributed by atoms with Gasteiger partial charge in [0.15, 0.2) is 0 Å². The lowest BCUT2D eigenvalue weighted by Crippen LogP contribution is -2.32. The van der Waals surface area contributed by atoms with Gasteiger partial charge in [0.1, 0.15) is 0 Å². The second-order valence-electron chi connectivity index (χ2n) is 4.59. The molecule has 1 aliphatic rings. The Hall–Kier alpha value is -0.250. The summed E-state index contributed by atoms with van der Waals surface area (Å²) in [6.07, 6.45) is 2.70. The quantitative estimate of drug-likeness (QED) is 0.748. The van der Waals surface area contributed by atoms with Crippen LogP contribution in [0.25, 0.3) is 0 Å². The van der Waals surface area contributed by atoms with E-state index in [-0.39, 0.29) is 0 Å². The van der Waals surface area contributed by atoms with Gasteiger partial charge in [-0.2, -0.15) is 0 Å². The number of halogens is 2. The maximum Gasteiger partial charge on any atom is 0.0750 e. The number of ether oxygens (including phenoxy) is 1. The largest absolute Gasteiger partial charge is 0.376 e. The van der Waals surface area contributed by atoms with Gasteiger partial charge in [0.25, 0.3) is 0 Å². The molecule has 0 spiro atoms. The highest BCUT2D eigenvalue weighted by molar-refractivity contribution is 9.08. The molecule has 18 heavy (non-hydrogen) atoms. The molecule has 1 unspecified atom stereocenters. The van der Waals surface area contributed by atoms with Crippen molar-refractivity contribution in [2.45, 2.75) is 31.2 Å². The first-order valence-corrected chi connectivity index (χ1v) is 7.95. The number of nitrogens with zero attached hydrogens (tertiary/aromatic N) is 1. The highest BCUT2D eigenvalue weighted by Crippen LogP contribution is 2.28. The number of likely N-dealkylation sites (N-methyl/N-ethyl adjacent to an activating group) is 1. The van der Waals surface area contributed by atoms with Crippen LogP contribution in [0.5, 0.6) is 0 Å². The molecule has 0 amide bonds. The first-order chi connectivity index (χ1) is 8.74. The number of hydrogen-bond acceptors (Lipinski definition) is 2. The lowest BCUT2D eigenvalue weighted by molar-refractivity contribution is 0.115. The van der Waals surface area contributed by atoms with E-state index in [9.17, 15) is 0 Å². The molecule has 1 fully saturated rings. The SMILES string of the molecule is CCN(CC1CCCO1)c1ccc(CBr)cc1Cl. The summed E-state index contributed by atoms with van der Waals surface area (Å²) in [5.41, 5.74) is 2.32. The number of hydrogen-bond donors (Lipinski definition) is 0. The van der Waals surface area contributed by atoms with E-state index in [0.717, 1.165) is 42.2 Å². The third-order valence-corrected chi connectivity index (χ3v) is 4.29. The van der Waals surface area contributed by atoms with Crippen LogP contribution in [0.2, 0.25) is 5.02 Å². The Morgan fingerprint density at radius 2 is 2.33 bits per heavy atom. The number of benzene rings is 1. The average Bonchev–Trinajstić information content (AvgIpc) is 2.89. The lowest BCUT2D eigenvalue weighted by Gasteiger charge is -2.27. The Balaban J connectivity index is 2.10. The Morgan fingerprint density at radius 1 is 1.50 bits per heavy atom. The second kappa shape index (κ2) is 6.78. The number of rotatable bonds is 5. The maximum absolute atomic E-state index is 6.36. The van der Waals surface area contributed by atoms with Crippen molar-refractivity contribution >= 4 is 33.2 Å². The van der Waals surface area contributed by atoms with Crippen LogP contribution in [0.4, 0.5) is 5.69 Å². The van der Waals surface area contributed by atoms with Crippen LogP contribution in [0.3, 0.4) is 0 Å². The van der Waals surface area contributed by atoms with Gasteiger partial charge < -0.3 is 9.64 Å². The Labute approximate surface area is 122 Å². The highest BCUT2D eigenvalue weighted by atomic mass is 79.9. The number of anilines is 1. The summed E-state index contributed by atoms with van der Waals surface area (Å²) in [4.78, 5) is 2.30. The van der Waals surface area contributed by atoms with E-state index in [2.05, 4.69) is 39.9 Å². The second-order valence-corrected chi connectivity index (χ2v) is 5.56. The lowest BCUT2D eigenvalue weighted by atomic mass is 10.2. The molecule has 0 saturated carbocycles. The molecule has 1 atom stereocenters. The van der Waals surface area contributed by atoms with E-state index in [1.54, 1.807) is 0 Å². The zero-order chi connectivity index (χ0) is 13.0. The Bertz CT molecular complexity index is 393. The molecule has 0 radical (unpaired) electrons. The van der Waals surface area contributed by atoms with Gasteiger partial charge >= 0.3 is 0 Å². The molecule has 1 aromatic carbocycles. The van der Waals surface area contributed by atoms with E-state index < -0.39 is 0 Å². The standard InChI is InChI=1S/C14H19BrClNO/c1-2-17(10-12-4-3-7-18-12)14-6-5-11(9-15)8-13(14)16/h5-6,8,12H,2-4,7,9-10H2,1H3. The molecule has 2 rings (SSSR count). The minimum absolute atomic E-state index is 0.358. The fourth-order valence-corrected chi connectivity index (χ4v) is 2.99. The third-order valence-electron chi connectivity index (χ3n) is 3.34. The fraction of sp³-hybridized carbons (Fsp3) is 0.571. The third kappa shape index (κ3) is 3.40. The molecular weight excluding hydrogens is 314 g/mol. The average molecular weight is 333 g/mol. The molecule has 1 aromatic rings. The van der Waals surface area contributed by atoms with Crippen LogP contribution in [0, 0.1) is 0 Å². The van der Waals surface area contributed by atoms with Gasteiger partial charge in [-0.25, -0.2) is 0 Å². The summed E-state index contributed by atoms with van der Waals surface area (Å²) < 4.78 is 5.70. The van der Waals surface area contributed by atoms with Crippen molar-refractivity contribution in [2.24, 2.45) is 0 Å². The van der Waals surface area contributed by atoms with E-state index in [4.69, 9.17) is 16.3 Å². The van der Waals surface area contributed by atoms with Gasteiger partial charge in [0.2, 0.25) is 0 Å². The predicted octanol–water partition coefficient (Wildman–Crippen LogP) is 4.24. The molecule has 1 aliphatic heterocycles. The molecule has 100 valence electrons. The monoisotopic (exact) mass is 331 g/mol. The van der Waals surface area contributed by atoms with E-state index >= 15 is 0 Å². The van der Waals surface area contributed by atoms with Crippen LogP contribution in [0.15, 0.2) is 18.2 Å². The van der Waals surface area contributed by atoms with E-state index in [1.807, 2.05) is 6.07 Å². The molecule has 1 saturated heterocycles. The van der Waals surface area contributed by atoms with Crippen LogP contribution in [0.1, 0.15) is 25.3 Å². The summed E-state index contributed by atoms with van der Waals surface area (Å²) >= 11 is 9.81. The Kier molecular flexibility index (Phi) is 5.34. The van der Waals surface area contributed by atoms with Crippen molar-refractivity contribution in [1.29, 1.82) is 0 Å². The summed E-state index contributed by atoms with van der Waals surface area (Å²) in [5.74, 6) is 0. The van der Waals surface area contributed by atoms with Gasteiger partial charge in [-0.05, 0) is 37.5 Å². The van der Waals surface area contributed by atoms with Crippen LogP contribution in [-0.2, 0) is 10.1 Å². The predicted molar refractivity (Wildman–Crippen MR) is 80.9 cm³/mol. The van der Waals surface area contributed by atoms with Crippen LogP contribution in [-0.4, -0.2) is 25.8 Å². The van der Waals surface area contributed by atoms with Crippen molar-refractivity contribution in [2.75, 3.05) is 24.6 Å². The van der Waals surface area contributed by atoms with Crippen molar-refractivity contribution in [3.63, 3.8) is 0 Å². The first kappa shape index (κ1) is 14.2. The molecule has 0 N–H and O–H groups in total. The molecule has 0 bridgehead atoms. The zero-order valence-corrected chi connectivity index (χ0v) is 13.0. The molecule has 0 aliphatic carbocycles. The molecule has 1 heterocycles. The van der Waals surface area contributed by atoms with Gasteiger partial charge in [-0.3, -0.25) is 0 Å². The van der Waals surface area contributed by atoms with E-state index in [1.165, 1.54) is 12.0 Å². The summed E-state index contributed by atoms with van der Waals surface area (Å²) in [5, 5.41) is 1.66.